The predicted molar refractivity (Wildman–Crippen MR) is 270 cm³/mol. The summed E-state index contributed by atoms with van der Waals surface area (Å²) < 4.78 is 9.13. The van der Waals surface area contributed by atoms with E-state index >= 15 is 0 Å². The number of fused-ring (bicyclic) bond motifs is 9. The van der Waals surface area contributed by atoms with E-state index in [9.17, 15) is 0 Å². The number of allylic oxidation sites excluding steroid dienone is 1. The van der Waals surface area contributed by atoms with Crippen molar-refractivity contribution in [3.8, 4) is 73.0 Å². The summed E-state index contributed by atoms with van der Waals surface area (Å²) in [4.78, 5) is 0. The Kier molecular flexibility index (Phi) is 8.39. The van der Waals surface area contributed by atoms with E-state index in [1.54, 1.807) is 0 Å². The van der Waals surface area contributed by atoms with Crippen molar-refractivity contribution in [1.29, 1.82) is 0 Å². The smallest absolute Gasteiger partial charge is 0.168 e. The Morgan fingerprint density at radius 1 is 0.470 bits per heavy atom. The normalized spacial score (nSPS) is 15.8. The average molecular weight is 850 g/mol. The van der Waals surface area contributed by atoms with Crippen molar-refractivity contribution in [2.24, 2.45) is 0 Å². The highest BCUT2D eigenvalue weighted by Crippen LogP contribution is 2.52. The third-order valence-corrected chi connectivity index (χ3v) is 14.9. The van der Waals surface area contributed by atoms with Crippen molar-refractivity contribution < 1.29 is 4.42 Å². The SMILES string of the molecule is CC1(C)c2ccccc2-c2ccc(-c3cc(-c4ccc(-c5nnc(-c6ccccc6)n5-c5ccccc5)cc4)c4oc5c(c4c3)CC(c3ccc4c(c3)C(C)(C)c3ccccc3-4)C=C5)cc21. The van der Waals surface area contributed by atoms with Gasteiger partial charge < -0.3 is 4.42 Å². The van der Waals surface area contributed by atoms with Crippen LogP contribution in [0.1, 0.15) is 72.8 Å². The lowest BCUT2D eigenvalue weighted by Crippen LogP contribution is -2.15. The number of aromatic nitrogens is 3. The highest BCUT2D eigenvalue weighted by atomic mass is 16.3. The highest BCUT2D eigenvalue weighted by molar-refractivity contribution is 6.01. The van der Waals surface area contributed by atoms with Crippen LogP contribution in [0.2, 0.25) is 0 Å². The zero-order chi connectivity index (χ0) is 44.3. The number of benzene rings is 8. The first-order valence-electron chi connectivity index (χ1n) is 23.2. The van der Waals surface area contributed by atoms with E-state index in [0.717, 1.165) is 57.4 Å². The molecule has 8 aromatic carbocycles. The molecule has 0 aliphatic heterocycles. The fraction of sp³-hybridized carbons (Fsp3) is 0.129. The minimum absolute atomic E-state index is 0.0552. The van der Waals surface area contributed by atoms with E-state index in [-0.39, 0.29) is 16.7 Å². The highest BCUT2D eigenvalue weighted by Gasteiger charge is 2.37. The van der Waals surface area contributed by atoms with E-state index in [0.29, 0.717) is 0 Å². The molecule has 1 atom stereocenters. The third-order valence-electron chi connectivity index (χ3n) is 14.9. The molecule has 66 heavy (non-hydrogen) atoms. The van der Waals surface area contributed by atoms with E-state index in [4.69, 9.17) is 14.6 Å². The van der Waals surface area contributed by atoms with Gasteiger partial charge in [-0.2, -0.15) is 0 Å². The van der Waals surface area contributed by atoms with Gasteiger partial charge in [-0.15, -0.1) is 10.2 Å². The Morgan fingerprint density at radius 2 is 1.02 bits per heavy atom. The number of para-hydroxylation sites is 1. The topological polar surface area (TPSA) is 43.9 Å². The van der Waals surface area contributed by atoms with Gasteiger partial charge in [0, 0.05) is 50.1 Å². The van der Waals surface area contributed by atoms with Crippen LogP contribution in [0.25, 0.3) is 90.0 Å². The number of hydrogen-bond acceptors (Lipinski definition) is 3. The van der Waals surface area contributed by atoms with Crippen LogP contribution in [0.15, 0.2) is 192 Å². The summed E-state index contributed by atoms with van der Waals surface area (Å²) in [5.74, 6) is 2.75. The maximum atomic E-state index is 6.98. The maximum absolute atomic E-state index is 6.98. The molecule has 0 saturated heterocycles. The van der Waals surface area contributed by atoms with Gasteiger partial charge in [0.05, 0.1) is 0 Å². The van der Waals surface area contributed by atoms with Crippen LogP contribution >= 0.6 is 0 Å². The van der Waals surface area contributed by atoms with Gasteiger partial charge in [-0.05, 0) is 110 Å². The standard InChI is InChI=1S/C62H47N3O/c1-61(2)53-21-13-11-19-46(53)48-30-27-42(36-55(48)61)41-29-32-57-51(33-41)52-35-44(43-28-31-49-47-20-12-14-22-54(47)62(3,4)56(49)37-43)34-50(58(52)66-57)38-23-25-40(26-24-38)60-64-63-59(39-15-7-5-8-16-39)65(60)45-17-9-6-10-18-45/h5-32,34-37,41H,33H2,1-4H3. The first-order chi connectivity index (χ1) is 32.2. The van der Waals surface area contributed by atoms with Gasteiger partial charge in [0.25, 0.3) is 0 Å². The fourth-order valence-electron chi connectivity index (χ4n) is 11.4. The number of nitrogens with zero attached hydrogens (tertiary/aromatic N) is 3. The van der Waals surface area contributed by atoms with E-state index in [1.165, 1.54) is 72.1 Å². The summed E-state index contributed by atoms with van der Waals surface area (Å²) >= 11 is 0. The summed E-state index contributed by atoms with van der Waals surface area (Å²) in [6, 6.07) is 66.2. The molecule has 0 radical (unpaired) electrons. The summed E-state index contributed by atoms with van der Waals surface area (Å²) in [6.45, 7) is 9.45. The van der Waals surface area contributed by atoms with E-state index in [2.05, 4.69) is 202 Å². The van der Waals surface area contributed by atoms with Crippen molar-refractivity contribution in [1.82, 2.24) is 14.8 Å². The average Bonchev–Trinajstić information content (AvgIpc) is 4.09. The molecule has 10 aromatic rings. The monoisotopic (exact) mass is 849 g/mol. The van der Waals surface area contributed by atoms with Crippen LogP contribution in [0.4, 0.5) is 0 Å². The number of rotatable bonds is 6. The zero-order valence-electron chi connectivity index (χ0n) is 37.5. The Labute approximate surface area is 385 Å². The van der Waals surface area contributed by atoms with Crippen molar-refractivity contribution >= 4 is 17.0 Å². The van der Waals surface area contributed by atoms with Crippen LogP contribution in [-0.4, -0.2) is 14.8 Å². The largest absolute Gasteiger partial charge is 0.456 e. The van der Waals surface area contributed by atoms with Gasteiger partial charge in [-0.25, -0.2) is 0 Å². The number of furan rings is 1. The maximum Gasteiger partial charge on any atom is 0.168 e. The van der Waals surface area contributed by atoms with Gasteiger partial charge in [0.1, 0.15) is 11.3 Å². The molecule has 1 unspecified atom stereocenters. The number of hydrogen-bond donors (Lipinski definition) is 0. The van der Waals surface area contributed by atoms with Gasteiger partial charge in [0.15, 0.2) is 11.6 Å². The molecule has 4 nitrogen and oxygen atoms in total. The second-order valence-electron chi connectivity index (χ2n) is 19.4. The molecule has 0 fully saturated rings. The molecule has 0 saturated carbocycles. The second kappa shape index (κ2) is 14.3. The van der Waals surface area contributed by atoms with Crippen molar-refractivity contribution in [3.63, 3.8) is 0 Å². The molecule has 0 amide bonds. The molecule has 3 aliphatic carbocycles. The molecule has 0 bridgehead atoms. The van der Waals surface area contributed by atoms with Gasteiger partial charge in [-0.1, -0.05) is 185 Å². The van der Waals surface area contributed by atoms with Crippen molar-refractivity contribution in [2.45, 2.75) is 50.9 Å². The van der Waals surface area contributed by atoms with Crippen molar-refractivity contribution in [3.05, 3.63) is 227 Å². The van der Waals surface area contributed by atoms with E-state index < -0.39 is 0 Å². The Balaban J connectivity index is 0.937. The Bertz CT molecular complexity index is 3610. The van der Waals surface area contributed by atoms with Crippen LogP contribution in [0, 0.1) is 0 Å². The van der Waals surface area contributed by atoms with Crippen LogP contribution in [-0.2, 0) is 17.3 Å². The third kappa shape index (κ3) is 5.77. The van der Waals surface area contributed by atoms with Crippen LogP contribution in [0.5, 0.6) is 0 Å². The molecule has 2 heterocycles. The molecular weight excluding hydrogens is 803 g/mol. The molecule has 0 spiro atoms. The molecular formula is C62H47N3O. The lowest BCUT2D eigenvalue weighted by Gasteiger charge is -2.24. The summed E-state index contributed by atoms with van der Waals surface area (Å²) in [5.41, 5.74) is 21.8. The van der Waals surface area contributed by atoms with E-state index in [1.807, 2.05) is 24.3 Å². The Hall–Kier alpha value is -7.82. The summed E-state index contributed by atoms with van der Waals surface area (Å²) in [5, 5.41) is 10.7. The molecule has 0 N–H and O–H groups in total. The molecule has 2 aromatic heterocycles. The van der Waals surface area contributed by atoms with Gasteiger partial charge in [0.2, 0.25) is 0 Å². The zero-order valence-corrected chi connectivity index (χ0v) is 37.5. The molecule has 4 heteroatoms. The lowest BCUT2D eigenvalue weighted by molar-refractivity contribution is 0.592. The molecule has 3 aliphatic rings. The summed E-state index contributed by atoms with van der Waals surface area (Å²) in [7, 11) is 0. The first kappa shape index (κ1) is 38.6. The van der Waals surface area contributed by atoms with Crippen LogP contribution < -0.4 is 0 Å². The van der Waals surface area contributed by atoms with Crippen LogP contribution in [0.3, 0.4) is 0 Å². The fourth-order valence-corrected chi connectivity index (χ4v) is 11.4. The molecule has 13 rings (SSSR count). The van der Waals surface area contributed by atoms with Crippen molar-refractivity contribution in [2.75, 3.05) is 0 Å². The first-order valence-corrected chi connectivity index (χ1v) is 23.2. The predicted octanol–water partition coefficient (Wildman–Crippen LogP) is 15.6. The van der Waals surface area contributed by atoms with Gasteiger partial charge >= 0.3 is 0 Å². The second-order valence-corrected chi connectivity index (χ2v) is 19.4. The Morgan fingerprint density at radius 3 is 1.70 bits per heavy atom. The molecule has 316 valence electrons. The quantitative estimate of drug-likeness (QED) is 0.167. The lowest BCUT2D eigenvalue weighted by atomic mass is 9.79. The minimum Gasteiger partial charge on any atom is -0.456 e. The minimum atomic E-state index is -0.107. The van der Waals surface area contributed by atoms with Gasteiger partial charge in [-0.3, -0.25) is 4.57 Å². The summed E-state index contributed by atoms with van der Waals surface area (Å²) in [6.07, 6.45) is 5.43.